The van der Waals surface area contributed by atoms with Crippen molar-refractivity contribution in [3.63, 3.8) is 0 Å². The van der Waals surface area contributed by atoms with E-state index < -0.39 is 16.4 Å². The summed E-state index contributed by atoms with van der Waals surface area (Å²) in [6, 6.07) is 20.8. The third-order valence-electron chi connectivity index (χ3n) is 8.12. The van der Waals surface area contributed by atoms with Crippen molar-refractivity contribution >= 4 is 33.2 Å². The lowest BCUT2D eigenvalue weighted by molar-refractivity contribution is 0.0600. The van der Waals surface area contributed by atoms with E-state index in [-0.39, 0.29) is 11.0 Å². The smallest absolute Gasteiger partial charge is 0.337 e. The number of pyridine rings is 1. The molecule has 4 rings (SSSR count). The molecule has 0 aliphatic carbocycles. The van der Waals surface area contributed by atoms with Gasteiger partial charge >= 0.3 is 5.97 Å². The summed E-state index contributed by atoms with van der Waals surface area (Å²) in [5, 5.41) is 6.67. The summed E-state index contributed by atoms with van der Waals surface area (Å²) in [5.74, 6) is -0.338. The Morgan fingerprint density at radius 1 is 0.925 bits per heavy atom. The average Bonchev–Trinajstić information content (AvgIpc) is 3.23. The molecule has 212 valence electrons. The predicted octanol–water partition coefficient (Wildman–Crippen LogP) is 7.75. The van der Waals surface area contributed by atoms with E-state index in [1.165, 1.54) is 18.0 Å². The maximum absolute atomic E-state index is 12.7. The van der Waals surface area contributed by atoms with Crippen molar-refractivity contribution in [2.45, 2.75) is 78.5 Å². The van der Waals surface area contributed by atoms with Crippen LogP contribution in [0.15, 0.2) is 60.7 Å². The number of hydrogen-bond donors (Lipinski definition) is 0. The number of benzene rings is 2. The number of rotatable bonds is 8. The van der Waals surface area contributed by atoms with Gasteiger partial charge in [0, 0.05) is 22.9 Å². The fourth-order valence-corrected chi connectivity index (χ4v) is 8.07. The number of carbonyl (C=O) groups is 1. The number of carbonyl (C=O) groups excluding carboxylic acids is 1. The van der Waals surface area contributed by atoms with Crippen molar-refractivity contribution in [3.8, 4) is 11.3 Å². The van der Waals surface area contributed by atoms with Crippen LogP contribution in [0.25, 0.3) is 16.8 Å². The highest BCUT2D eigenvalue weighted by Crippen LogP contribution is 2.37. The molecule has 0 saturated carbocycles. The van der Waals surface area contributed by atoms with Crippen molar-refractivity contribution in [3.05, 3.63) is 88.5 Å². The molecule has 2 heterocycles. The third-order valence-corrected chi connectivity index (χ3v) is 14.6. The van der Waals surface area contributed by atoms with E-state index in [0.29, 0.717) is 18.6 Å². The Morgan fingerprint density at radius 2 is 1.57 bits per heavy atom. The Labute approximate surface area is 241 Å². The summed E-state index contributed by atoms with van der Waals surface area (Å²) in [7, 11) is -2.24. The Balaban J connectivity index is 1.87. The summed E-state index contributed by atoms with van der Waals surface area (Å²) in [4.78, 5) is 12.7. The SMILES string of the molecule is COC(=O)c1cc(CO[Si](C)(C)C(C)(C)C)cc(Cc2c(-c3ccccc3)nn3c([Si](C)(C)C)c(C)ccc23)c1. The second-order valence-electron chi connectivity index (χ2n) is 13.4. The van der Waals surface area contributed by atoms with E-state index in [1.54, 1.807) is 0 Å². The second kappa shape index (κ2) is 11.1. The van der Waals surface area contributed by atoms with Gasteiger partial charge in [-0.3, -0.25) is 0 Å². The molecule has 2 aromatic heterocycles. The molecule has 7 heteroatoms. The molecule has 2 aromatic carbocycles. The Morgan fingerprint density at radius 3 is 2.17 bits per heavy atom. The summed E-state index contributed by atoms with van der Waals surface area (Å²) in [6.07, 6.45) is 0.639. The minimum absolute atomic E-state index is 0.101. The second-order valence-corrected chi connectivity index (χ2v) is 23.1. The van der Waals surface area contributed by atoms with Crippen LogP contribution in [-0.2, 0) is 22.2 Å². The van der Waals surface area contributed by atoms with Crippen LogP contribution in [0.2, 0.25) is 37.8 Å². The van der Waals surface area contributed by atoms with E-state index in [1.807, 2.05) is 18.2 Å². The quantitative estimate of drug-likeness (QED) is 0.160. The molecule has 0 saturated heterocycles. The fourth-order valence-electron chi connectivity index (χ4n) is 5.03. The van der Waals surface area contributed by atoms with E-state index in [4.69, 9.17) is 14.3 Å². The molecule has 4 aromatic rings. The highest BCUT2D eigenvalue weighted by molar-refractivity contribution is 6.88. The lowest BCUT2D eigenvalue weighted by Crippen LogP contribution is -2.44. The van der Waals surface area contributed by atoms with E-state index >= 15 is 0 Å². The largest absolute Gasteiger partial charge is 0.465 e. The molecular weight excluding hydrogens is 529 g/mol. The molecule has 0 radical (unpaired) electrons. The monoisotopic (exact) mass is 572 g/mol. The molecule has 0 aliphatic rings. The molecule has 0 aliphatic heterocycles. The highest BCUT2D eigenvalue weighted by atomic mass is 28.4. The van der Waals surface area contributed by atoms with Gasteiger partial charge in [-0.1, -0.05) is 82.9 Å². The van der Waals surface area contributed by atoms with Gasteiger partial charge in [-0.15, -0.1) is 0 Å². The maximum Gasteiger partial charge on any atom is 0.337 e. The van der Waals surface area contributed by atoms with Crippen molar-refractivity contribution in [2.24, 2.45) is 0 Å². The number of aryl methyl sites for hydroxylation is 1. The summed E-state index contributed by atoms with van der Waals surface area (Å²) in [5.41, 5.74) is 8.19. The first-order valence-electron chi connectivity index (χ1n) is 14.0. The molecule has 0 unspecified atom stereocenters. The van der Waals surface area contributed by atoms with Crippen molar-refractivity contribution in [2.75, 3.05) is 7.11 Å². The van der Waals surface area contributed by atoms with Crippen LogP contribution in [0, 0.1) is 6.92 Å². The lowest BCUT2D eigenvalue weighted by Gasteiger charge is -2.36. The van der Waals surface area contributed by atoms with Crippen LogP contribution in [0.3, 0.4) is 0 Å². The first kappa shape index (κ1) is 30.0. The van der Waals surface area contributed by atoms with Crippen molar-refractivity contribution in [1.29, 1.82) is 0 Å². The van der Waals surface area contributed by atoms with Crippen molar-refractivity contribution in [1.82, 2.24) is 9.61 Å². The van der Waals surface area contributed by atoms with Gasteiger partial charge in [-0.2, -0.15) is 5.10 Å². The standard InChI is InChI=1S/C33H44N2O3Si2/c1-23-16-17-29-28(30(26-14-12-11-13-15-26)34-35(29)31(23)39(6,7)8)21-24-18-25(20-27(19-24)32(36)37-5)22-38-40(9,10)33(2,3)4/h11-20H,21-22H2,1-10H3. The molecule has 0 amide bonds. The van der Waals surface area contributed by atoms with Gasteiger partial charge in [-0.25, -0.2) is 9.31 Å². The van der Waals surface area contributed by atoms with Gasteiger partial charge in [-0.05, 0) is 59.9 Å². The average molecular weight is 573 g/mol. The van der Waals surface area contributed by atoms with Crippen LogP contribution in [0.5, 0.6) is 0 Å². The molecule has 0 atom stereocenters. The van der Waals surface area contributed by atoms with Gasteiger partial charge in [0.1, 0.15) is 8.07 Å². The number of aromatic nitrogens is 2. The Hall–Kier alpha value is -3.01. The fraction of sp³-hybridized carbons (Fsp3) is 0.394. The highest BCUT2D eigenvalue weighted by Gasteiger charge is 2.37. The predicted molar refractivity (Wildman–Crippen MR) is 171 cm³/mol. The Kier molecular flexibility index (Phi) is 8.32. The number of nitrogens with zero attached hydrogens (tertiary/aromatic N) is 2. The number of methoxy groups -OCH3 is 1. The molecule has 0 N–H and O–H groups in total. The van der Waals surface area contributed by atoms with Crippen molar-refractivity contribution < 1.29 is 14.0 Å². The van der Waals surface area contributed by atoms with E-state index in [9.17, 15) is 4.79 Å². The Bertz CT molecular complexity index is 1530. The first-order chi connectivity index (χ1) is 18.6. The molecular formula is C33H44N2O3Si2. The third kappa shape index (κ3) is 6.16. The summed E-state index contributed by atoms with van der Waals surface area (Å²) >= 11 is 0. The van der Waals surface area contributed by atoms with E-state index in [2.05, 4.69) is 107 Å². The van der Waals surface area contributed by atoms with Gasteiger partial charge < -0.3 is 9.16 Å². The normalized spacial score (nSPS) is 12.7. The molecule has 40 heavy (non-hydrogen) atoms. The maximum atomic E-state index is 12.7. The summed E-state index contributed by atoms with van der Waals surface area (Å²) < 4.78 is 13.9. The van der Waals surface area contributed by atoms with Crippen LogP contribution < -0.4 is 5.32 Å². The van der Waals surface area contributed by atoms with Crippen LogP contribution in [-0.4, -0.2) is 39.1 Å². The minimum atomic E-state index is -1.97. The van der Waals surface area contributed by atoms with Gasteiger partial charge in [0.15, 0.2) is 8.32 Å². The lowest BCUT2D eigenvalue weighted by atomic mass is 9.97. The molecule has 0 spiro atoms. The van der Waals surface area contributed by atoms with Crippen LogP contribution in [0.4, 0.5) is 0 Å². The van der Waals surface area contributed by atoms with Crippen LogP contribution >= 0.6 is 0 Å². The topological polar surface area (TPSA) is 52.8 Å². The molecule has 0 bridgehead atoms. The van der Waals surface area contributed by atoms with Gasteiger partial charge in [0.05, 0.1) is 30.5 Å². The number of ether oxygens (including phenoxy) is 1. The summed E-state index contributed by atoms with van der Waals surface area (Å²) in [6.45, 7) is 21.0. The number of fused-ring (bicyclic) bond motifs is 1. The minimum Gasteiger partial charge on any atom is -0.465 e. The van der Waals surface area contributed by atoms with E-state index in [0.717, 1.165) is 33.5 Å². The number of esters is 1. The zero-order valence-electron chi connectivity index (χ0n) is 25.8. The van der Waals surface area contributed by atoms with Crippen LogP contribution in [0.1, 0.15) is 53.4 Å². The zero-order chi connectivity index (χ0) is 29.5. The van der Waals surface area contributed by atoms with Gasteiger partial charge in [0.25, 0.3) is 0 Å². The van der Waals surface area contributed by atoms with Gasteiger partial charge in [0.2, 0.25) is 0 Å². The molecule has 0 fully saturated rings. The molecule has 5 nitrogen and oxygen atoms in total. The zero-order valence-corrected chi connectivity index (χ0v) is 27.8. The number of hydrogen-bond acceptors (Lipinski definition) is 4. The first-order valence-corrected chi connectivity index (χ1v) is 20.5.